The monoisotopic (exact) mass is 1320 g/mol. The van der Waals surface area contributed by atoms with Crippen molar-refractivity contribution in [1.82, 2.24) is 75.3 Å². The van der Waals surface area contributed by atoms with E-state index < -0.39 is 11.9 Å². The standard InChI is InChI=1S/C19H13N3O3S.C16H10N4O4S.C15H10N4O2S.C14H8N4O2S/c1-25-19(24)15-8-4-7-14(21-15)16-10-26-18(22-16)17(23)12-9-20-13-6-3-2-5-11(12)13;1-23-16(22)14-20-19-13(24-14)11-7-25-15(18-11)12(21)9-6-17-10-5-3-2-4-8(9)10;1-8-17-14(19-21-8)12-7-22-15(18-12)13(20)10-6-16-11-5-3-2-4-9(10)11;19-12(9-5-15-10-4-2-1-3-8(9)10)14-17-11(6-21-14)13-16-7-20-18-13/h2-10,20H,1H3;2-7,17H,1H3;2-7,16H,1H3;1-7,15H. The first-order chi connectivity index (χ1) is 45.9. The van der Waals surface area contributed by atoms with Gasteiger partial charge in [0.25, 0.3) is 5.89 Å². The van der Waals surface area contributed by atoms with E-state index in [2.05, 4.69) is 89.3 Å². The first kappa shape index (κ1) is 60.6. The molecule has 0 bridgehead atoms. The molecule has 0 aliphatic rings. The van der Waals surface area contributed by atoms with E-state index in [0.717, 1.165) is 54.9 Å². The van der Waals surface area contributed by atoms with Gasteiger partial charge in [0.2, 0.25) is 47.1 Å². The van der Waals surface area contributed by atoms with Crippen LogP contribution in [-0.4, -0.2) is 125 Å². The third-order valence-corrected chi connectivity index (χ3v) is 17.3. The minimum Gasteiger partial charge on any atom is -0.464 e. The Balaban J connectivity index is 0.000000114. The summed E-state index contributed by atoms with van der Waals surface area (Å²) in [5.74, 6) is -0.820. The number of aryl methyl sites for hydroxylation is 1. The number of rotatable bonds is 14. The summed E-state index contributed by atoms with van der Waals surface area (Å²) in [4.78, 5) is 116. The van der Waals surface area contributed by atoms with Crippen molar-refractivity contribution in [2.24, 2.45) is 0 Å². The van der Waals surface area contributed by atoms with Crippen LogP contribution in [-0.2, 0) is 9.47 Å². The van der Waals surface area contributed by atoms with Gasteiger partial charge in [-0.05, 0) is 36.4 Å². The Morgan fingerprint density at radius 1 is 0.426 bits per heavy atom. The van der Waals surface area contributed by atoms with E-state index in [1.165, 1.54) is 54.6 Å². The number of hydrogen-bond donors (Lipinski definition) is 4. The number of esters is 2. The molecule has 16 rings (SSSR count). The summed E-state index contributed by atoms with van der Waals surface area (Å²) in [6, 6.07) is 35.5. The lowest BCUT2D eigenvalue weighted by Crippen LogP contribution is -2.04. The highest BCUT2D eigenvalue weighted by Gasteiger charge is 2.25. The molecular weight excluding hydrogens is 1280 g/mol. The number of benzene rings is 4. The van der Waals surface area contributed by atoms with E-state index in [1.807, 2.05) is 97.1 Å². The van der Waals surface area contributed by atoms with Crippen molar-refractivity contribution in [2.75, 3.05) is 14.2 Å². The van der Waals surface area contributed by atoms with Crippen LogP contribution >= 0.6 is 45.3 Å². The topological polar surface area (TPSA) is 365 Å². The van der Waals surface area contributed by atoms with Gasteiger partial charge in [0.1, 0.15) is 28.5 Å². The van der Waals surface area contributed by atoms with E-state index in [0.29, 0.717) is 83.3 Å². The number of ether oxygens (including phenoxy) is 2. The Bertz CT molecular complexity index is 5470. The molecule has 94 heavy (non-hydrogen) atoms. The van der Waals surface area contributed by atoms with Gasteiger partial charge < -0.3 is 42.9 Å². The molecule has 4 N–H and O–H groups in total. The van der Waals surface area contributed by atoms with Gasteiger partial charge in [-0.2, -0.15) is 9.97 Å². The highest BCUT2D eigenvalue weighted by molar-refractivity contribution is 7.13. The maximum atomic E-state index is 12.8. The number of carbonyl (C=O) groups excluding carboxylic acids is 6. The molecule has 26 nitrogen and oxygen atoms in total. The first-order valence-corrected chi connectivity index (χ1v) is 31.2. The lowest BCUT2D eigenvalue weighted by atomic mass is 10.1. The highest BCUT2D eigenvalue weighted by Crippen LogP contribution is 2.31. The number of fused-ring (bicyclic) bond motifs is 4. The minimum atomic E-state index is -0.732. The number of aromatic nitrogens is 15. The van der Waals surface area contributed by atoms with Crippen LogP contribution < -0.4 is 0 Å². The van der Waals surface area contributed by atoms with Gasteiger partial charge in [-0.15, -0.1) is 55.5 Å². The summed E-state index contributed by atoms with van der Waals surface area (Å²) in [7, 11) is 2.52. The molecule has 0 amide bonds. The molecule has 16 aromatic rings. The summed E-state index contributed by atoms with van der Waals surface area (Å²) < 4.78 is 24.0. The van der Waals surface area contributed by atoms with Crippen molar-refractivity contribution in [2.45, 2.75) is 6.92 Å². The maximum absolute atomic E-state index is 12.8. The van der Waals surface area contributed by atoms with Gasteiger partial charge in [0.15, 0.2) is 20.0 Å². The predicted octanol–water partition coefficient (Wildman–Crippen LogP) is 12.5. The van der Waals surface area contributed by atoms with E-state index in [4.69, 9.17) is 8.94 Å². The molecule has 0 radical (unpaired) electrons. The SMILES string of the molecule is COC(=O)c1cccc(-c2csc(C(=O)c3c[nH]c4ccccc34)n2)n1.COC(=O)c1nnc(-c2csc(C(=O)c3c[nH]c4ccccc34)n2)o1.Cc1nc(-c2csc(C(=O)c3c[nH]c4ccccc34)n2)no1.O=C(c1nc(-c2ncon2)cs1)c1c[nH]c2ccccc12. The fourth-order valence-corrected chi connectivity index (χ4v) is 12.4. The molecule has 0 fully saturated rings. The zero-order valence-electron chi connectivity index (χ0n) is 48.7. The Morgan fingerprint density at radius 2 is 0.851 bits per heavy atom. The van der Waals surface area contributed by atoms with Crippen molar-refractivity contribution >= 4 is 124 Å². The predicted molar refractivity (Wildman–Crippen MR) is 346 cm³/mol. The van der Waals surface area contributed by atoms with Gasteiger partial charge in [0.05, 0.1) is 42.2 Å². The van der Waals surface area contributed by atoms with Crippen LogP contribution in [0.5, 0.6) is 0 Å². The van der Waals surface area contributed by atoms with Crippen molar-refractivity contribution in [3.05, 3.63) is 228 Å². The van der Waals surface area contributed by atoms with E-state index in [9.17, 15) is 28.8 Å². The van der Waals surface area contributed by atoms with Crippen LogP contribution in [0.1, 0.15) is 88.5 Å². The minimum absolute atomic E-state index is 0.0506. The van der Waals surface area contributed by atoms with Crippen LogP contribution in [0.3, 0.4) is 0 Å². The van der Waals surface area contributed by atoms with Crippen molar-refractivity contribution in [3.8, 4) is 46.0 Å². The quantitative estimate of drug-likeness (QED) is 0.0580. The van der Waals surface area contributed by atoms with Crippen LogP contribution in [0.25, 0.3) is 89.6 Å². The number of hydrogen-bond acceptors (Lipinski definition) is 26. The average Bonchev–Trinajstić information content (AvgIpc) is 1.82. The smallest absolute Gasteiger partial charge is 0.396 e. The largest absolute Gasteiger partial charge is 0.464 e. The number of ketones is 4. The number of thiazole rings is 4. The van der Waals surface area contributed by atoms with E-state index >= 15 is 0 Å². The summed E-state index contributed by atoms with van der Waals surface area (Å²) in [5.41, 5.74) is 8.65. The van der Waals surface area contributed by atoms with Crippen LogP contribution in [0.4, 0.5) is 0 Å². The fraction of sp³-hybridized carbons (Fsp3) is 0.0469. The molecule has 0 unspecified atom stereocenters. The summed E-state index contributed by atoms with van der Waals surface area (Å²) in [5, 5.41) is 26.7. The van der Waals surface area contributed by atoms with Crippen molar-refractivity contribution in [1.29, 1.82) is 0 Å². The average molecular weight is 1320 g/mol. The molecule has 462 valence electrons. The van der Waals surface area contributed by atoms with Gasteiger partial charge in [-0.25, -0.2) is 34.5 Å². The first-order valence-electron chi connectivity index (χ1n) is 27.7. The van der Waals surface area contributed by atoms with E-state index in [1.54, 1.807) is 71.4 Å². The number of para-hydroxylation sites is 4. The molecule has 0 atom stereocenters. The summed E-state index contributed by atoms with van der Waals surface area (Å²) >= 11 is 4.95. The molecule has 4 aromatic carbocycles. The number of pyridine rings is 1. The lowest BCUT2D eigenvalue weighted by molar-refractivity contribution is 0.0554. The number of aromatic amines is 4. The third-order valence-electron chi connectivity index (χ3n) is 13.9. The Kier molecular flexibility index (Phi) is 17.2. The number of methoxy groups -OCH3 is 2. The zero-order valence-corrected chi connectivity index (χ0v) is 52.0. The lowest BCUT2D eigenvalue weighted by Gasteiger charge is -2.00. The fourth-order valence-electron chi connectivity index (χ4n) is 9.41. The molecule has 30 heteroatoms. The number of carbonyl (C=O) groups is 6. The molecule has 12 aromatic heterocycles. The molecule has 0 spiro atoms. The molecule has 0 saturated heterocycles. The van der Waals surface area contributed by atoms with Crippen molar-refractivity contribution < 1.29 is 51.7 Å². The van der Waals surface area contributed by atoms with E-state index in [-0.39, 0.29) is 45.6 Å². The maximum Gasteiger partial charge on any atom is 0.396 e. The molecule has 0 saturated carbocycles. The summed E-state index contributed by atoms with van der Waals surface area (Å²) in [6.07, 6.45) is 8.02. The number of nitrogens with one attached hydrogen (secondary N) is 4. The van der Waals surface area contributed by atoms with Crippen LogP contribution in [0.2, 0.25) is 0 Å². The van der Waals surface area contributed by atoms with Crippen LogP contribution in [0, 0.1) is 6.92 Å². The van der Waals surface area contributed by atoms with Gasteiger partial charge in [-0.3, -0.25) is 19.2 Å². The summed E-state index contributed by atoms with van der Waals surface area (Å²) in [6.45, 7) is 1.71. The normalized spacial score (nSPS) is 11.0. The molecular formula is C64H41N15O11S4. The number of H-pyrrole nitrogens is 4. The van der Waals surface area contributed by atoms with Gasteiger partial charge in [0, 0.05) is 96.8 Å². The van der Waals surface area contributed by atoms with Crippen molar-refractivity contribution in [3.63, 3.8) is 0 Å². The van der Waals surface area contributed by atoms with Crippen LogP contribution in [0.15, 0.2) is 181 Å². The Hall–Kier alpha value is -12.3. The third kappa shape index (κ3) is 12.5. The van der Waals surface area contributed by atoms with Gasteiger partial charge >= 0.3 is 17.8 Å². The molecule has 0 aliphatic carbocycles. The second kappa shape index (κ2) is 26.7. The van der Waals surface area contributed by atoms with Gasteiger partial charge in [-0.1, -0.05) is 89.2 Å². The second-order valence-electron chi connectivity index (χ2n) is 19.7. The molecule has 12 heterocycles. The molecule has 0 aliphatic heterocycles. The highest BCUT2D eigenvalue weighted by atomic mass is 32.1. The Morgan fingerprint density at radius 3 is 1.29 bits per heavy atom. The number of nitrogens with zero attached hydrogens (tertiary/aromatic N) is 11. The second-order valence-corrected chi connectivity index (χ2v) is 23.1. The zero-order chi connectivity index (χ0) is 64.8. The Labute approximate surface area is 542 Å².